The first-order valence-corrected chi connectivity index (χ1v) is 17.3. The zero-order valence-corrected chi connectivity index (χ0v) is 26.2. The van der Waals surface area contributed by atoms with Gasteiger partial charge < -0.3 is 14.9 Å². The van der Waals surface area contributed by atoms with Crippen molar-refractivity contribution < 1.29 is 23.1 Å². The molecule has 2 atom stereocenters. The summed E-state index contributed by atoms with van der Waals surface area (Å²) < 4.78 is 29.3. The number of amides is 1. The van der Waals surface area contributed by atoms with Crippen LogP contribution in [0.15, 0.2) is 59.6 Å². The Labute approximate surface area is 257 Å². The third-order valence-corrected chi connectivity index (χ3v) is 12.4. The number of aromatic nitrogens is 1. The fourth-order valence-electron chi connectivity index (χ4n) is 7.17. The quantitative estimate of drug-likeness (QED) is 0.351. The van der Waals surface area contributed by atoms with Crippen molar-refractivity contribution in [2.24, 2.45) is 5.92 Å². The summed E-state index contributed by atoms with van der Waals surface area (Å²) in [6.45, 7) is 4.67. The molecule has 4 heterocycles. The molecule has 1 N–H and O–H groups in total. The number of rotatable bonds is 7. The van der Waals surface area contributed by atoms with Crippen LogP contribution in [0.5, 0.6) is 0 Å². The van der Waals surface area contributed by atoms with Gasteiger partial charge in [0, 0.05) is 30.2 Å². The highest BCUT2D eigenvalue weighted by atomic mass is 32.2. The highest BCUT2D eigenvalue weighted by Gasteiger charge is 2.51. The van der Waals surface area contributed by atoms with Gasteiger partial charge >= 0.3 is 5.97 Å². The lowest BCUT2D eigenvalue weighted by molar-refractivity contribution is -0.123. The molecular weight excluding hydrogens is 585 g/mol. The van der Waals surface area contributed by atoms with E-state index in [1.807, 2.05) is 37.3 Å². The monoisotopic (exact) mass is 622 g/mol. The Morgan fingerprint density at radius 2 is 1.79 bits per heavy atom. The van der Waals surface area contributed by atoms with E-state index in [4.69, 9.17) is 0 Å². The Balaban J connectivity index is 1.37. The van der Waals surface area contributed by atoms with Crippen LogP contribution in [-0.4, -0.2) is 65.9 Å². The number of hydrogen-bond donors (Lipinski definition) is 1. The molecule has 1 saturated carbocycles. The van der Waals surface area contributed by atoms with Gasteiger partial charge in [-0.05, 0) is 69.2 Å². The van der Waals surface area contributed by atoms with E-state index < -0.39 is 27.4 Å². The van der Waals surface area contributed by atoms with Gasteiger partial charge in [0.1, 0.15) is 15.6 Å². The lowest BCUT2D eigenvalue weighted by Gasteiger charge is -2.52. The molecule has 11 heteroatoms. The molecule has 0 bridgehead atoms. The number of nitrogens with zero attached hydrogens (tertiary/aromatic N) is 4. The zero-order chi connectivity index (χ0) is 30.4. The molecule has 3 fully saturated rings. The van der Waals surface area contributed by atoms with Crippen molar-refractivity contribution in [1.82, 2.24) is 9.29 Å². The molecule has 1 aliphatic carbocycles. The Hall–Kier alpha value is -3.28. The van der Waals surface area contributed by atoms with Crippen molar-refractivity contribution in [3.05, 3.63) is 59.6 Å². The fourth-order valence-corrected chi connectivity index (χ4v) is 9.59. The van der Waals surface area contributed by atoms with Crippen LogP contribution in [-0.2, 0) is 14.8 Å². The van der Waals surface area contributed by atoms with Crippen LogP contribution in [0.4, 0.5) is 11.5 Å². The lowest BCUT2D eigenvalue weighted by Crippen LogP contribution is -2.68. The maximum atomic E-state index is 14.1. The molecule has 1 amide bonds. The first-order chi connectivity index (χ1) is 20.6. The average molecular weight is 623 g/mol. The maximum absolute atomic E-state index is 14.1. The number of anilines is 2. The number of thiophene rings is 1. The fraction of sp³-hybridized carbons (Fsp3) is 0.469. The predicted molar refractivity (Wildman–Crippen MR) is 168 cm³/mol. The molecule has 0 spiro atoms. The Kier molecular flexibility index (Phi) is 8.08. The molecule has 1 aromatic carbocycles. The average Bonchev–Trinajstić information content (AvgIpc) is 3.64. The molecule has 0 radical (unpaired) electrons. The van der Waals surface area contributed by atoms with E-state index >= 15 is 0 Å². The van der Waals surface area contributed by atoms with E-state index in [1.54, 1.807) is 23.1 Å². The summed E-state index contributed by atoms with van der Waals surface area (Å²) >= 11 is 1.14. The molecular formula is C32H38N4O5S2. The van der Waals surface area contributed by atoms with Gasteiger partial charge in [0.05, 0.1) is 17.8 Å². The van der Waals surface area contributed by atoms with Crippen LogP contribution in [0.1, 0.15) is 68.5 Å². The normalized spacial score (nSPS) is 24.0. The van der Waals surface area contributed by atoms with Gasteiger partial charge in [-0.3, -0.25) is 4.79 Å². The number of piperazine rings is 1. The summed E-state index contributed by atoms with van der Waals surface area (Å²) in [6.07, 6.45) is 8.31. The molecule has 6 rings (SSSR count). The summed E-state index contributed by atoms with van der Waals surface area (Å²) in [5.41, 5.74) is 0.284. The highest BCUT2D eigenvalue weighted by molar-refractivity contribution is 7.89. The summed E-state index contributed by atoms with van der Waals surface area (Å²) in [5, 5.41) is 10.2. The van der Waals surface area contributed by atoms with Crippen LogP contribution < -0.4 is 9.80 Å². The van der Waals surface area contributed by atoms with Crippen LogP contribution in [0, 0.1) is 5.92 Å². The minimum absolute atomic E-state index is 0.0158. The number of aromatic carboxylic acids is 1. The number of benzene rings is 1. The van der Waals surface area contributed by atoms with E-state index in [-0.39, 0.29) is 28.8 Å². The number of hydrogen-bond acceptors (Lipinski definition) is 7. The number of sulfonamides is 1. The molecule has 2 aromatic heterocycles. The van der Waals surface area contributed by atoms with Crippen LogP contribution in [0.3, 0.4) is 0 Å². The Morgan fingerprint density at radius 1 is 1.05 bits per heavy atom. The van der Waals surface area contributed by atoms with Gasteiger partial charge in [0.2, 0.25) is 15.9 Å². The summed E-state index contributed by atoms with van der Waals surface area (Å²) in [4.78, 5) is 35.8. The van der Waals surface area contributed by atoms with E-state index in [2.05, 4.69) is 16.8 Å². The molecule has 3 aliphatic rings. The molecule has 9 nitrogen and oxygen atoms in total. The highest BCUT2D eigenvalue weighted by Crippen LogP contribution is 2.46. The van der Waals surface area contributed by atoms with Gasteiger partial charge in [-0.15, -0.1) is 11.3 Å². The first kappa shape index (κ1) is 29.8. The SMILES string of the molecule is CC1CCCN1c1ccc(S(=O)(=O)N2CC(=O)N(c3cc(-c4ccccc4)sc3C(=O)O)C(C)(C3CCCCC3)C2)cn1. The lowest BCUT2D eigenvalue weighted by atomic mass is 9.73. The van der Waals surface area contributed by atoms with Gasteiger partial charge in [0.25, 0.3) is 0 Å². The van der Waals surface area contributed by atoms with Gasteiger partial charge in [-0.2, -0.15) is 4.31 Å². The smallest absolute Gasteiger partial charge is 0.348 e. The third kappa shape index (κ3) is 5.47. The second kappa shape index (κ2) is 11.7. The second-order valence-electron chi connectivity index (χ2n) is 12.2. The van der Waals surface area contributed by atoms with Crippen LogP contribution in [0.2, 0.25) is 0 Å². The summed E-state index contributed by atoms with van der Waals surface area (Å²) in [5.74, 6) is -0.750. The Bertz CT molecular complexity index is 1600. The van der Waals surface area contributed by atoms with Gasteiger partial charge in [-0.1, -0.05) is 49.6 Å². The van der Waals surface area contributed by atoms with E-state index in [1.165, 1.54) is 10.5 Å². The molecule has 2 unspecified atom stereocenters. The minimum atomic E-state index is -4.04. The summed E-state index contributed by atoms with van der Waals surface area (Å²) in [6, 6.07) is 15.0. The van der Waals surface area contributed by atoms with Crippen molar-refractivity contribution in [3.8, 4) is 10.4 Å². The predicted octanol–water partition coefficient (Wildman–Crippen LogP) is 5.87. The van der Waals surface area contributed by atoms with E-state index in [0.717, 1.165) is 79.1 Å². The number of pyridine rings is 1. The minimum Gasteiger partial charge on any atom is -0.477 e. The van der Waals surface area contributed by atoms with E-state index in [0.29, 0.717) is 11.7 Å². The van der Waals surface area contributed by atoms with E-state index in [9.17, 15) is 23.1 Å². The zero-order valence-electron chi connectivity index (χ0n) is 24.6. The van der Waals surface area contributed by atoms with Crippen molar-refractivity contribution >= 4 is 44.7 Å². The molecule has 3 aromatic rings. The second-order valence-corrected chi connectivity index (χ2v) is 15.2. The molecule has 2 aliphatic heterocycles. The standard InChI is InChI=1S/C32H38N4O5S2/c1-22-10-9-17-35(22)28-16-15-25(19-33-28)43(40,41)34-20-29(37)36(32(2,21-34)24-13-7-4-8-14-24)26-18-27(42-30(26)31(38)39)23-11-5-3-6-12-23/h3,5-6,11-12,15-16,18-19,22,24H,4,7-10,13-14,17,20-21H2,1-2H3,(H,38,39). The first-order valence-electron chi connectivity index (χ1n) is 15.1. The number of carbonyl (C=O) groups excluding carboxylic acids is 1. The summed E-state index contributed by atoms with van der Waals surface area (Å²) in [7, 11) is -4.04. The molecule has 43 heavy (non-hydrogen) atoms. The molecule has 228 valence electrons. The van der Waals surface area contributed by atoms with Gasteiger partial charge in [-0.25, -0.2) is 18.2 Å². The number of carbonyl (C=O) groups is 2. The molecule has 2 saturated heterocycles. The van der Waals surface area contributed by atoms with Crippen LogP contribution in [0.25, 0.3) is 10.4 Å². The van der Waals surface area contributed by atoms with Crippen molar-refractivity contribution in [2.75, 3.05) is 29.4 Å². The topological polar surface area (TPSA) is 111 Å². The third-order valence-electron chi connectivity index (χ3n) is 9.46. The maximum Gasteiger partial charge on any atom is 0.348 e. The van der Waals surface area contributed by atoms with Crippen molar-refractivity contribution in [3.63, 3.8) is 0 Å². The van der Waals surface area contributed by atoms with Crippen molar-refractivity contribution in [2.45, 2.75) is 75.3 Å². The van der Waals surface area contributed by atoms with Gasteiger partial charge in [0.15, 0.2) is 0 Å². The number of carboxylic acid groups (broad SMARTS) is 1. The Morgan fingerprint density at radius 3 is 2.42 bits per heavy atom. The van der Waals surface area contributed by atoms with Crippen LogP contribution >= 0.6 is 11.3 Å². The van der Waals surface area contributed by atoms with Crippen molar-refractivity contribution in [1.29, 1.82) is 0 Å². The number of carboxylic acids is 1. The largest absolute Gasteiger partial charge is 0.477 e.